The van der Waals surface area contributed by atoms with Crippen LogP contribution in [0.15, 0.2) is 54.7 Å². The zero-order valence-corrected chi connectivity index (χ0v) is 15.0. The zero-order chi connectivity index (χ0) is 18.5. The molecule has 0 aliphatic heterocycles. The Labute approximate surface area is 152 Å². The second-order valence-corrected chi connectivity index (χ2v) is 5.88. The Bertz CT molecular complexity index is 896. The minimum absolute atomic E-state index is 0.333. The number of aryl methyl sites for hydroxylation is 1. The summed E-state index contributed by atoms with van der Waals surface area (Å²) >= 11 is 0. The fourth-order valence-corrected chi connectivity index (χ4v) is 2.77. The van der Waals surface area contributed by atoms with Crippen molar-refractivity contribution in [2.75, 3.05) is 19.5 Å². The largest absolute Gasteiger partial charge is 0.496 e. The minimum atomic E-state index is -0.333. The third-order valence-electron chi connectivity index (χ3n) is 3.96. The molecule has 26 heavy (non-hydrogen) atoms. The lowest BCUT2D eigenvalue weighted by Gasteiger charge is -2.12. The summed E-state index contributed by atoms with van der Waals surface area (Å²) in [4.78, 5) is 12.7. The smallest absolute Gasteiger partial charge is 0.264 e. The summed E-state index contributed by atoms with van der Waals surface area (Å²) in [6.45, 7) is 2.69. The first-order chi connectivity index (χ1) is 12.6. The number of nitrogens with zero attached hydrogens (tertiary/aromatic N) is 2. The number of nitrogens with one attached hydrogen (secondary N) is 1. The van der Waals surface area contributed by atoms with Crippen LogP contribution in [-0.2, 0) is 6.54 Å². The summed E-state index contributed by atoms with van der Waals surface area (Å²) in [6, 6.07) is 15.2. The van der Waals surface area contributed by atoms with Gasteiger partial charge >= 0.3 is 0 Å². The summed E-state index contributed by atoms with van der Waals surface area (Å²) in [7, 11) is 3.03. The molecule has 0 aliphatic carbocycles. The number of anilines is 1. The van der Waals surface area contributed by atoms with Gasteiger partial charge in [0.2, 0.25) is 0 Å². The first-order valence-electron chi connectivity index (χ1n) is 8.22. The van der Waals surface area contributed by atoms with E-state index in [1.165, 1.54) is 19.8 Å². The highest BCUT2D eigenvalue weighted by Gasteiger charge is 2.19. The fraction of sp³-hybridized carbons (Fsp3) is 0.200. The quantitative estimate of drug-likeness (QED) is 0.738. The number of amides is 1. The standard InChI is InChI=1S/C20H21N3O3/c1-14-6-4-7-15(12-14)13-23-11-10-18(22-23)21-20(24)19-16(25-2)8-5-9-17(19)26-3/h4-12H,13H2,1-3H3,(H,21,22,24). The molecule has 0 saturated heterocycles. The number of aromatic nitrogens is 2. The summed E-state index contributed by atoms with van der Waals surface area (Å²) in [5.41, 5.74) is 2.69. The van der Waals surface area contributed by atoms with E-state index in [1.54, 1.807) is 28.9 Å². The topological polar surface area (TPSA) is 65.4 Å². The van der Waals surface area contributed by atoms with Gasteiger partial charge in [-0.2, -0.15) is 5.10 Å². The van der Waals surface area contributed by atoms with Crippen molar-refractivity contribution in [2.45, 2.75) is 13.5 Å². The predicted octanol–water partition coefficient (Wildman–Crippen LogP) is 3.51. The average Bonchev–Trinajstić information content (AvgIpc) is 3.07. The summed E-state index contributed by atoms with van der Waals surface area (Å²) in [6.07, 6.45) is 1.83. The van der Waals surface area contributed by atoms with Gasteiger partial charge in [0.1, 0.15) is 17.1 Å². The number of ether oxygens (including phenoxy) is 2. The molecule has 1 amide bonds. The van der Waals surface area contributed by atoms with Crippen LogP contribution < -0.4 is 14.8 Å². The lowest BCUT2D eigenvalue weighted by Crippen LogP contribution is -2.15. The summed E-state index contributed by atoms with van der Waals surface area (Å²) in [5, 5.41) is 7.21. The summed E-state index contributed by atoms with van der Waals surface area (Å²) < 4.78 is 12.3. The second-order valence-electron chi connectivity index (χ2n) is 5.88. The number of methoxy groups -OCH3 is 2. The predicted molar refractivity (Wildman–Crippen MR) is 100 cm³/mol. The molecule has 0 spiro atoms. The molecule has 3 rings (SSSR count). The molecule has 2 aromatic carbocycles. The zero-order valence-electron chi connectivity index (χ0n) is 15.0. The van der Waals surface area contributed by atoms with Gasteiger partial charge in [-0.3, -0.25) is 9.48 Å². The Hall–Kier alpha value is -3.28. The van der Waals surface area contributed by atoms with Crippen molar-refractivity contribution in [3.63, 3.8) is 0 Å². The molecule has 1 heterocycles. The highest BCUT2D eigenvalue weighted by Crippen LogP contribution is 2.28. The van der Waals surface area contributed by atoms with Crippen LogP contribution in [0.25, 0.3) is 0 Å². The number of hydrogen-bond donors (Lipinski definition) is 1. The molecule has 134 valence electrons. The molecule has 0 bridgehead atoms. The highest BCUT2D eigenvalue weighted by atomic mass is 16.5. The number of carbonyl (C=O) groups is 1. The summed E-state index contributed by atoms with van der Waals surface area (Å²) in [5.74, 6) is 1.03. The molecule has 0 aliphatic rings. The van der Waals surface area contributed by atoms with Gasteiger partial charge in [0.25, 0.3) is 5.91 Å². The van der Waals surface area contributed by atoms with Crippen molar-refractivity contribution in [3.05, 3.63) is 71.4 Å². The van der Waals surface area contributed by atoms with Crippen LogP contribution in [0, 0.1) is 6.92 Å². The monoisotopic (exact) mass is 351 g/mol. The number of hydrogen-bond acceptors (Lipinski definition) is 4. The van der Waals surface area contributed by atoms with Gasteiger partial charge in [0.15, 0.2) is 5.82 Å². The third-order valence-corrected chi connectivity index (χ3v) is 3.96. The number of carbonyl (C=O) groups excluding carboxylic acids is 1. The first-order valence-corrected chi connectivity index (χ1v) is 8.22. The van der Waals surface area contributed by atoms with Gasteiger partial charge in [-0.05, 0) is 24.6 Å². The van der Waals surface area contributed by atoms with E-state index in [0.717, 1.165) is 5.56 Å². The van der Waals surface area contributed by atoms with Crippen molar-refractivity contribution >= 4 is 11.7 Å². The van der Waals surface area contributed by atoms with Gasteiger partial charge in [0, 0.05) is 12.3 Å². The molecule has 1 aromatic heterocycles. The van der Waals surface area contributed by atoms with Gasteiger partial charge in [-0.15, -0.1) is 0 Å². The Balaban J connectivity index is 1.76. The SMILES string of the molecule is COc1cccc(OC)c1C(=O)Nc1ccn(Cc2cccc(C)c2)n1. The van der Waals surface area contributed by atoms with E-state index in [4.69, 9.17) is 9.47 Å². The van der Waals surface area contributed by atoms with Gasteiger partial charge < -0.3 is 14.8 Å². The van der Waals surface area contributed by atoms with Crippen LogP contribution in [0.3, 0.4) is 0 Å². The fourth-order valence-electron chi connectivity index (χ4n) is 2.77. The number of benzene rings is 2. The molecule has 6 heteroatoms. The Morgan fingerprint density at radius 2 is 1.77 bits per heavy atom. The van der Waals surface area contributed by atoms with E-state index in [0.29, 0.717) is 29.4 Å². The maximum Gasteiger partial charge on any atom is 0.264 e. The van der Waals surface area contributed by atoms with Crippen LogP contribution in [-0.4, -0.2) is 29.9 Å². The second kappa shape index (κ2) is 7.74. The number of rotatable bonds is 6. The lowest BCUT2D eigenvalue weighted by atomic mass is 10.1. The normalized spacial score (nSPS) is 10.4. The van der Waals surface area contributed by atoms with Crippen molar-refractivity contribution in [1.82, 2.24) is 9.78 Å². The average molecular weight is 351 g/mol. The maximum absolute atomic E-state index is 12.7. The van der Waals surface area contributed by atoms with E-state index in [-0.39, 0.29) is 5.91 Å². The molecule has 0 saturated carbocycles. The Kier molecular flexibility index (Phi) is 5.22. The van der Waals surface area contributed by atoms with Crippen molar-refractivity contribution in [1.29, 1.82) is 0 Å². The van der Waals surface area contributed by atoms with E-state index >= 15 is 0 Å². The van der Waals surface area contributed by atoms with Crippen LogP contribution in [0.1, 0.15) is 21.5 Å². The van der Waals surface area contributed by atoms with Crippen LogP contribution >= 0.6 is 0 Å². The van der Waals surface area contributed by atoms with Crippen molar-refractivity contribution in [2.24, 2.45) is 0 Å². The highest BCUT2D eigenvalue weighted by molar-refractivity contribution is 6.07. The molecule has 0 fully saturated rings. The molecular formula is C20H21N3O3. The molecule has 6 nitrogen and oxygen atoms in total. The first kappa shape index (κ1) is 17.5. The van der Waals surface area contributed by atoms with Gasteiger partial charge in [-0.25, -0.2) is 0 Å². The van der Waals surface area contributed by atoms with E-state index in [2.05, 4.69) is 29.5 Å². The van der Waals surface area contributed by atoms with Crippen LogP contribution in [0.4, 0.5) is 5.82 Å². The Morgan fingerprint density at radius 1 is 1.08 bits per heavy atom. The molecule has 0 radical (unpaired) electrons. The molecule has 0 atom stereocenters. The van der Waals surface area contributed by atoms with Crippen LogP contribution in [0.2, 0.25) is 0 Å². The minimum Gasteiger partial charge on any atom is -0.496 e. The van der Waals surface area contributed by atoms with Gasteiger partial charge in [0.05, 0.1) is 20.8 Å². The van der Waals surface area contributed by atoms with Crippen LogP contribution in [0.5, 0.6) is 11.5 Å². The third kappa shape index (κ3) is 3.85. The van der Waals surface area contributed by atoms with E-state index < -0.39 is 0 Å². The van der Waals surface area contributed by atoms with E-state index in [1.807, 2.05) is 18.3 Å². The van der Waals surface area contributed by atoms with Crippen molar-refractivity contribution in [3.8, 4) is 11.5 Å². The molecule has 3 aromatic rings. The Morgan fingerprint density at radius 3 is 2.42 bits per heavy atom. The molecular weight excluding hydrogens is 330 g/mol. The molecule has 1 N–H and O–H groups in total. The van der Waals surface area contributed by atoms with Crippen molar-refractivity contribution < 1.29 is 14.3 Å². The maximum atomic E-state index is 12.7. The van der Waals surface area contributed by atoms with E-state index in [9.17, 15) is 4.79 Å². The van der Waals surface area contributed by atoms with Gasteiger partial charge in [-0.1, -0.05) is 35.9 Å². The lowest BCUT2D eigenvalue weighted by molar-refractivity contribution is 0.102. The molecule has 0 unspecified atom stereocenters.